The van der Waals surface area contributed by atoms with Gasteiger partial charge in [-0.25, -0.2) is 4.98 Å². The fourth-order valence-corrected chi connectivity index (χ4v) is 4.53. The molecule has 0 radical (unpaired) electrons. The third-order valence-corrected chi connectivity index (χ3v) is 6.51. The minimum absolute atomic E-state index is 0.00424. The molecule has 188 valence electrons. The summed E-state index contributed by atoms with van der Waals surface area (Å²) < 4.78 is 7.54. The first kappa shape index (κ1) is 25.3. The number of aromatic nitrogens is 2. The van der Waals surface area contributed by atoms with E-state index in [1.165, 1.54) is 17.0 Å². The normalized spacial score (nSPS) is 11.2. The largest absolute Gasteiger partial charge is 0.481 e. The summed E-state index contributed by atoms with van der Waals surface area (Å²) in [6, 6.07) is 26.2. The van der Waals surface area contributed by atoms with Gasteiger partial charge >= 0.3 is 5.69 Å². The van der Waals surface area contributed by atoms with Crippen LogP contribution in [0.4, 0.5) is 5.69 Å². The van der Waals surface area contributed by atoms with Crippen molar-refractivity contribution in [2.75, 3.05) is 0 Å². The van der Waals surface area contributed by atoms with Gasteiger partial charge in [0.15, 0.2) is 5.82 Å². The number of hydrogen-bond donors (Lipinski definition) is 0. The van der Waals surface area contributed by atoms with Crippen molar-refractivity contribution in [1.82, 2.24) is 9.66 Å². The highest BCUT2D eigenvalue weighted by Gasteiger charge is 2.21. The van der Waals surface area contributed by atoms with Crippen LogP contribution in [-0.4, -0.2) is 20.8 Å². The number of nitro benzene ring substituents is 1. The maximum atomic E-state index is 13.5. The first-order valence-electron chi connectivity index (χ1n) is 11.4. The Bertz CT molecular complexity index is 1760. The summed E-state index contributed by atoms with van der Waals surface area (Å²) in [5.41, 5.74) is 1.52. The van der Waals surface area contributed by atoms with E-state index in [4.69, 9.17) is 16.3 Å². The fraction of sp³-hybridized carbons (Fsp3) is 0.0357. The molecule has 1 aromatic heterocycles. The zero-order valence-electron chi connectivity index (χ0n) is 19.6. The van der Waals surface area contributed by atoms with Crippen LogP contribution in [0.25, 0.3) is 22.3 Å². The Morgan fingerprint density at radius 2 is 1.74 bits per heavy atom. The molecule has 0 atom stereocenters. The van der Waals surface area contributed by atoms with Crippen molar-refractivity contribution in [2.45, 2.75) is 6.61 Å². The van der Waals surface area contributed by atoms with Crippen molar-refractivity contribution in [3.05, 3.63) is 132 Å². The monoisotopic (exact) mass is 588 g/mol. The van der Waals surface area contributed by atoms with Crippen molar-refractivity contribution in [3.8, 4) is 17.1 Å². The van der Waals surface area contributed by atoms with Crippen LogP contribution in [0.2, 0.25) is 5.02 Å². The number of hydrogen-bond acceptors (Lipinski definition) is 6. The third kappa shape index (κ3) is 5.20. The SMILES string of the molecule is O=c1c2ccccc2nc(-c2ccccc2)n1N=Cc1cc(Br)cc([N+](=O)[O-])c1OCc1ccccc1Cl. The van der Waals surface area contributed by atoms with E-state index in [1.54, 1.807) is 54.6 Å². The number of fused-ring (bicyclic) bond motifs is 1. The van der Waals surface area contributed by atoms with Crippen LogP contribution in [0.15, 0.2) is 105 Å². The van der Waals surface area contributed by atoms with Gasteiger partial charge in [-0.2, -0.15) is 9.78 Å². The van der Waals surface area contributed by atoms with Gasteiger partial charge in [0.25, 0.3) is 5.56 Å². The first-order valence-corrected chi connectivity index (χ1v) is 12.5. The van der Waals surface area contributed by atoms with Gasteiger partial charge in [-0.1, -0.05) is 88.2 Å². The Labute approximate surface area is 230 Å². The Kier molecular flexibility index (Phi) is 7.30. The minimum Gasteiger partial charge on any atom is -0.481 e. The third-order valence-electron chi connectivity index (χ3n) is 5.69. The molecule has 0 spiro atoms. The van der Waals surface area contributed by atoms with Crippen LogP contribution < -0.4 is 10.3 Å². The van der Waals surface area contributed by atoms with Gasteiger partial charge in [0.2, 0.25) is 5.75 Å². The second-order valence-corrected chi connectivity index (χ2v) is 9.48. The number of nitrogens with zero attached hydrogens (tertiary/aromatic N) is 4. The van der Waals surface area contributed by atoms with E-state index in [1.807, 2.05) is 30.3 Å². The predicted molar refractivity (Wildman–Crippen MR) is 151 cm³/mol. The van der Waals surface area contributed by atoms with Crippen LogP contribution in [-0.2, 0) is 6.61 Å². The molecule has 5 rings (SSSR count). The quantitative estimate of drug-likeness (QED) is 0.117. The lowest BCUT2D eigenvalue weighted by molar-refractivity contribution is -0.386. The average molecular weight is 590 g/mol. The van der Waals surface area contributed by atoms with E-state index in [0.717, 1.165) is 0 Å². The molecular weight excluding hydrogens is 572 g/mol. The smallest absolute Gasteiger partial charge is 0.312 e. The van der Waals surface area contributed by atoms with Crippen LogP contribution in [0.5, 0.6) is 5.75 Å². The maximum absolute atomic E-state index is 13.5. The molecule has 0 unspecified atom stereocenters. The van der Waals surface area contributed by atoms with Crippen molar-refractivity contribution >= 4 is 50.3 Å². The van der Waals surface area contributed by atoms with E-state index >= 15 is 0 Å². The highest BCUT2D eigenvalue weighted by Crippen LogP contribution is 2.35. The van der Waals surface area contributed by atoms with Crippen molar-refractivity contribution in [2.24, 2.45) is 5.10 Å². The van der Waals surface area contributed by atoms with E-state index < -0.39 is 4.92 Å². The predicted octanol–water partition coefficient (Wildman–Crippen LogP) is 6.85. The molecule has 5 aromatic rings. The lowest BCUT2D eigenvalue weighted by atomic mass is 10.1. The summed E-state index contributed by atoms with van der Waals surface area (Å²) >= 11 is 9.57. The maximum Gasteiger partial charge on any atom is 0.312 e. The summed E-state index contributed by atoms with van der Waals surface area (Å²) in [5, 5.41) is 17.2. The van der Waals surface area contributed by atoms with Crippen molar-refractivity contribution < 1.29 is 9.66 Å². The van der Waals surface area contributed by atoms with E-state index in [9.17, 15) is 14.9 Å². The number of ether oxygens (including phenoxy) is 1. The lowest BCUT2D eigenvalue weighted by Crippen LogP contribution is -2.20. The molecule has 4 aromatic carbocycles. The summed E-state index contributed by atoms with van der Waals surface area (Å²) in [4.78, 5) is 29.5. The number of nitro groups is 1. The zero-order valence-corrected chi connectivity index (χ0v) is 22.0. The summed E-state index contributed by atoms with van der Waals surface area (Å²) in [6.45, 7) is -0.00424. The van der Waals surface area contributed by atoms with Gasteiger partial charge in [0.05, 0.1) is 22.0 Å². The Balaban J connectivity index is 1.65. The van der Waals surface area contributed by atoms with Gasteiger partial charge in [0, 0.05) is 32.3 Å². The molecule has 38 heavy (non-hydrogen) atoms. The van der Waals surface area contributed by atoms with Crippen molar-refractivity contribution in [3.63, 3.8) is 0 Å². The second kappa shape index (κ2) is 11.0. The van der Waals surface area contributed by atoms with Crippen LogP contribution in [0, 0.1) is 10.1 Å². The Morgan fingerprint density at radius 3 is 2.50 bits per heavy atom. The van der Waals surface area contributed by atoms with E-state index in [2.05, 4.69) is 26.0 Å². The molecule has 0 amide bonds. The molecule has 0 bridgehead atoms. The fourth-order valence-electron chi connectivity index (χ4n) is 3.88. The standard InChI is InChI=1S/C28H18BrClN4O4/c29-21-14-20(26(25(15-21)34(36)37)38-17-19-10-4-6-12-23(19)30)16-31-33-27(18-8-2-1-3-9-18)32-24-13-7-5-11-22(24)28(33)35/h1-16H,17H2. The molecule has 0 aliphatic rings. The molecule has 0 saturated carbocycles. The summed E-state index contributed by atoms with van der Waals surface area (Å²) in [6.07, 6.45) is 1.35. The minimum atomic E-state index is -0.539. The molecule has 0 saturated heterocycles. The van der Waals surface area contributed by atoms with E-state index in [-0.39, 0.29) is 29.2 Å². The van der Waals surface area contributed by atoms with Crippen LogP contribution in [0.1, 0.15) is 11.1 Å². The zero-order chi connectivity index (χ0) is 26.6. The first-order chi connectivity index (χ1) is 18.4. The molecule has 0 N–H and O–H groups in total. The van der Waals surface area contributed by atoms with Gasteiger partial charge in [-0.05, 0) is 24.3 Å². The van der Waals surface area contributed by atoms with Gasteiger partial charge < -0.3 is 4.74 Å². The molecule has 0 aliphatic heterocycles. The molecule has 10 heteroatoms. The summed E-state index contributed by atoms with van der Waals surface area (Å²) in [5.74, 6) is 0.318. The number of halogens is 2. The average Bonchev–Trinajstić information content (AvgIpc) is 2.92. The molecule has 0 fully saturated rings. The number of rotatable bonds is 7. The van der Waals surface area contributed by atoms with Gasteiger partial charge in [-0.3, -0.25) is 14.9 Å². The Morgan fingerprint density at radius 1 is 1.03 bits per heavy atom. The second-order valence-electron chi connectivity index (χ2n) is 8.16. The van der Waals surface area contributed by atoms with Crippen molar-refractivity contribution in [1.29, 1.82) is 0 Å². The van der Waals surface area contributed by atoms with Gasteiger partial charge in [-0.15, -0.1) is 0 Å². The summed E-state index contributed by atoms with van der Waals surface area (Å²) in [7, 11) is 0. The molecular formula is C28H18BrClN4O4. The number of para-hydroxylation sites is 1. The lowest BCUT2D eigenvalue weighted by Gasteiger charge is -2.12. The molecule has 1 heterocycles. The van der Waals surface area contributed by atoms with Crippen LogP contribution >= 0.6 is 27.5 Å². The Hall–Kier alpha value is -4.34. The highest BCUT2D eigenvalue weighted by molar-refractivity contribution is 9.10. The van der Waals surface area contributed by atoms with E-state index in [0.29, 0.717) is 37.3 Å². The highest BCUT2D eigenvalue weighted by atomic mass is 79.9. The van der Waals surface area contributed by atoms with Gasteiger partial charge in [0.1, 0.15) is 6.61 Å². The number of benzene rings is 4. The van der Waals surface area contributed by atoms with Crippen LogP contribution in [0.3, 0.4) is 0 Å². The molecule has 0 aliphatic carbocycles. The molecule has 8 nitrogen and oxygen atoms in total. The topological polar surface area (TPSA) is 99.6 Å².